The average Bonchev–Trinajstić information content (AvgIpc) is 2.65. The SMILES string of the molecule is O=c1[nH]c(-c2cncnc2)nc2c1CCN(Cc1ccc(Cl)c(Cl)c1)C2. The molecule has 0 saturated carbocycles. The minimum Gasteiger partial charge on any atom is -0.306 e. The van der Waals surface area contributed by atoms with Crippen LogP contribution in [0.3, 0.4) is 0 Å². The van der Waals surface area contributed by atoms with Crippen molar-refractivity contribution >= 4 is 23.2 Å². The van der Waals surface area contributed by atoms with Gasteiger partial charge in [-0.3, -0.25) is 9.69 Å². The molecule has 8 heteroatoms. The number of nitrogens with one attached hydrogen (secondary N) is 1. The third kappa shape index (κ3) is 3.49. The van der Waals surface area contributed by atoms with Gasteiger partial charge in [-0.1, -0.05) is 29.3 Å². The highest BCUT2D eigenvalue weighted by atomic mass is 35.5. The zero-order valence-corrected chi connectivity index (χ0v) is 15.3. The van der Waals surface area contributed by atoms with Crippen LogP contribution in [-0.2, 0) is 19.5 Å². The number of hydrogen-bond acceptors (Lipinski definition) is 5. The maximum absolute atomic E-state index is 12.4. The first-order valence-corrected chi connectivity index (χ1v) is 8.89. The third-order valence-corrected chi connectivity index (χ3v) is 5.12. The van der Waals surface area contributed by atoms with Crippen LogP contribution in [-0.4, -0.2) is 31.4 Å². The quantitative estimate of drug-likeness (QED) is 0.747. The first kappa shape index (κ1) is 17.1. The number of aromatic nitrogens is 4. The maximum Gasteiger partial charge on any atom is 0.254 e. The second kappa shape index (κ2) is 7.15. The van der Waals surface area contributed by atoms with Crippen molar-refractivity contribution in [3.05, 3.63) is 74.1 Å². The topological polar surface area (TPSA) is 74.8 Å². The standard InChI is InChI=1S/C18H15Cl2N5O/c19-14-2-1-11(5-15(14)20)8-25-4-3-13-16(9-25)23-17(24-18(13)26)12-6-21-10-22-7-12/h1-2,5-7,10H,3-4,8-9H2,(H,23,24,26). The number of halogens is 2. The average molecular weight is 388 g/mol. The summed E-state index contributed by atoms with van der Waals surface area (Å²) in [7, 11) is 0. The lowest BCUT2D eigenvalue weighted by atomic mass is 10.1. The van der Waals surface area contributed by atoms with Crippen LogP contribution in [0, 0.1) is 0 Å². The molecule has 4 rings (SSSR count). The summed E-state index contributed by atoms with van der Waals surface area (Å²) in [6.45, 7) is 2.10. The zero-order valence-electron chi connectivity index (χ0n) is 13.7. The van der Waals surface area contributed by atoms with Gasteiger partial charge in [0.05, 0.1) is 21.3 Å². The fraction of sp³-hybridized carbons (Fsp3) is 0.222. The Morgan fingerprint density at radius 2 is 1.96 bits per heavy atom. The first-order chi connectivity index (χ1) is 12.6. The Kier molecular flexibility index (Phi) is 4.72. The number of fused-ring (bicyclic) bond motifs is 1. The van der Waals surface area contributed by atoms with E-state index in [1.165, 1.54) is 6.33 Å². The number of nitrogens with zero attached hydrogens (tertiary/aromatic N) is 4. The zero-order chi connectivity index (χ0) is 18.1. The molecule has 2 aromatic heterocycles. The molecule has 0 atom stereocenters. The summed E-state index contributed by atoms with van der Waals surface area (Å²) < 4.78 is 0. The molecule has 0 saturated heterocycles. The molecule has 1 N–H and O–H groups in total. The summed E-state index contributed by atoms with van der Waals surface area (Å²) in [5, 5.41) is 1.09. The summed E-state index contributed by atoms with van der Waals surface area (Å²) in [5.41, 5.74) is 3.20. The van der Waals surface area contributed by atoms with Gasteiger partial charge in [-0.15, -0.1) is 0 Å². The van der Waals surface area contributed by atoms with Crippen LogP contribution in [0.2, 0.25) is 10.0 Å². The van der Waals surface area contributed by atoms with E-state index in [9.17, 15) is 4.79 Å². The van der Waals surface area contributed by atoms with Crippen molar-refractivity contribution in [3.63, 3.8) is 0 Å². The van der Waals surface area contributed by atoms with Crippen molar-refractivity contribution in [2.24, 2.45) is 0 Å². The molecule has 132 valence electrons. The largest absolute Gasteiger partial charge is 0.306 e. The molecule has 0 aliphatic carbocycles. The Hall–Kier alpha value is -2.28. The van der Waals surface area contributed by atoms with Crippen LogP contribution in [0.25, 0.3) is 11.4 Å². The second-order valence-corrected chi connectivity index (χ2v) is 6.99. The summed E-state index contributed by atoms with van der Waals surface area (Å²) in [6, 6.07) is 5.63. The number of benzene rings is 1. The van der Waals surface area contributed by atoms with E-state index in [2.05, 4.69) is 24.8 Å². The van der Waals surface area contributed by atoms with Gasteiger partial charge in [0.25, 0.3) is 5.56 Å². The molecule has 3 aromatic rings. The number of hydrogen-bond donors (Lipinski definition) is 1. The lowest BCUT2D eigenvalue weighted by Gasteiger charge is -2.27. The molecule has 6 nitrogen and oxygen atoms in total. The Bertz CT molecular complexity index is 1010. The van der Waals surface area contributed by atoms with Crippen LogP contribution < -0.4 is 5.56 Å². The van der Waals surface area contributed by atoms with E-state index in [0.29, 0.717) is 40.9 Å². The van der Waals surface area contributed by atoms with Gasteiger partial charge < -0.3 is 4.98 Å². The predicted octanol–water partition coefficient (Wildman–Crippen LogP) is 3.09. The van der Waals surface area contributed by atoms with Crippen molar-refractivity contribution in [3.8, 4) is 11.4 Å². The summed E-state index contributed by atoms with van der Waals surface area (Å²) in [5.74, 6) is 0.491. The van der Waals surface area contributed by atoms with E-state index in [1.807, 2.05) is 12.1 Å². The molecule has 0 amide bonds. The molecule has 3 heterocycles. The molecule has 1 aliphatic heterocycles. The van der Waals surface area contributed by atoms with Crippen LogP contribution in [0.5, 0.6) is 0 Å². The Morgan fingerprint density at radius 1 is 1.15 bits per heavy atom. The molecular formula is C18H15Cl2N5O. The van der Waals surface area contributed by atoms with Crippen LogP contribution >= 0.6 is 23.2 Å². The van der Waals surface area contributed by atoms with E-state index in [-0.39, 0.29) is 5.56 Å². The number of rotatable bonds is 3. The van der Waals surface area contributed by atoms with E-state index >= 15 is 0 Å². The van der Waals surface area contributed by atoms with Gasteiger partial charge in [-0.25, -0.2) is 15.0 Å². The highest BCUT2D eigenvalue weighted by Gasteiger charge is 2.21. The van der Waals surface area contributed by atoms with Gasteiger partial charge in [0.2, 0.25) is 0 Å². The predicted molar refractivity (Wildman–Crippen MR) is 100 cm³/mol. The molecule has 0 spiro atoms. The highest BCUT2D eigenvalue weighted by molar-refractivity contribution is 6.42. The van der Waals surface area contributed by atoms with Crippen LogP contribution in [0.15, 0.2) is 41.7 Å². The third-order valence-electron chi connectivity index (χ3n) is 4.38. The first-order valence-electron chi connectivity index (χ1n) is 8.14. The number of aromatic amines is 1. The van der Waals surface area contributed by atoms with E-state index in [1.54, 1.807) is 18.5 Å². The fourth-order valence-electron chi connectivity index (χ4n) is 3.08. The van der Waals surface area contributed by atoms with Gasteiger partial charge in [-0.2, -0.15) is 0 Å². The lowest BCUT2D eigenvalue weighted by Crippen LogP contribution is -2.35. The van der Waals surface area contributed by atoms with E-state index in [4.69, 9.17) is 23.2 Å². The molecule has 1 aromatic carbocycles. The lowest BCUT2D eigenvalue weighted by molar-refractivity contribution is 0.240. The smallest absolute Gasteiger partial charge is 0.254 e. The van der Waals surface area contributed by atoms with Crippen molar-refractivity contribution in [2.75, 3.05) is 6.54 Å². The minimum atomic E-state index is -0.0944. The summed E-state index contributed by atoms with van der Waals surface area (Å²) in [6.07, 6.45) is 5.37. The summed E-state index contributed by atoms with van der Waals surface area (Å²) >= 11 is 12.1. The maximum atomic E-state index is 12.4. The van der Waals surface area contributed by atoms with Gasteiger partial charge >= 0.3 is 0 Å². The van der Waals surface area contributed by atoms with Crippen molar-refractivity contribution in [2.45, 2.75) is 19.5 Å². The van der Waals surface area contributed by atoms with Crippen molar-refractivity contribution in [1.82, 2.24) is 24.8 Å². The van der Waals surface area contributed by atoms with Crippen molar-refractivity contribution in [1.29, 1.82) is 0 Å². The molecule has 0 bridgehead atoms. The molecule has 26 heavy (non-hydrogen) atoms. The van der Waals surface area contributed by atoms with Crippen molar-refractivity contribution < 1.29 is 0 Å². The Morgan fingerprint density at radius 3 is 2.73 bits per heavy atom. The summed E-state index contributed by atoms with van der Waals surface area (Å²) in [4.78, 5) is 30.1. The van der Waals surface area contributed by atoms with Gasteiger partial charge in [0.1, 0.15) is 12.2 Å². The Labute approximate surface area is 159 Å². The van der Waals surface area contributed by atoms with E-state index < -0.39 is 0 Å². The van der Waals surface area contributed by atoms with E-state index in [0.717, 1.165) is 23.4 Å². The Balaban J connectivity index is 1.60. The van der Waals surface area contributed by atoms with Gasteiger partial charge in [0, 0.05) is 37.6 Å². The van der Waals surface area contributed by atoms with Gasteiger partial charge in [0.15, 0.2) is 0 Å². The second-order valence-electron chi connectivity index (χ2n) is 6.18. The molecular weight excluding hydrogens is 373 g/mol. The molecule has 1 aliphatic rings. The molecule has 0 fully saturated rings. The minimum absolute atomic E-state index is 0.0944. The normalized spacial score (nSPS) is 14.2. The van der Waals surface area contributed by atoms with Gasteiger partial charge in [-0.05, 0) is 24.1 Å². The molecule has 0 unspecified atom stereocenters. The van der Waals surface area contributed by atoms with Crippen LogP contribution in [0.4, 0.5) is 0 Å². The molecule has 0 radical (unpaired) electrons. The fourth-order valence-corrected chi connectivity index (χ4v) is 3.40. The highest BCUT2D eigenvalue weighted by Crippen LogP contribution is 2.25. The monoisotopic (exact) mass is 387 g/mol. The number of H-pyrrole nitrogens is 1. The van der Waals surface area contributed by atoms with Crippen LogP contribution in [0.1, 0.15) is 16.8 Å².